The maximum absolute atomic E-state index is 10.7. The molecule has 28 heavy (non-hydrogen) atoms. The van der Waals surface area contributed by atoms with Crippen molar-refractivity contribution in [3.8, 4) is 0 Å². The maximum Gasteiger partial charge on any atom is 0.191 e. The average Bonchev–Trinajstić information content (AvgIpc) is 2.97. The van der Waals surface area contributed by atoms with Gasteiger partial charge in [0.05, 0.1) is 11.6 Å². The fourth-order valence-electron chi connectivity index (χ4n) is 3.27. The summed E-state index contributed by atoms with van der Waals surface area (Å²) in [4.78, 5) is 0. The Morgan fingerprint density at radius 1 is 1.36 bits per heavy atom. The van der Waals surface area contributed by atoms with Gasteiger partial charge in [0.15, 0.2) is 14.5 Å². The second kappa shape index (κ2) is 8.71. The average molecular weight is 516 g/mol. The number of rotatable bonds is 6. The van der Waals surface area contributed by atoms with Gasteiger partial charge in [-0.15, -0.1) is 0 Å². The van der Waals surface area contributed by atoms with Crippen molar-refractivity contribution >= 4 is 41.8 Å². The minimum absolute atomic E-state index is 0.0218. The van der Waals surface area contributed by atoms with E-state index in [1.165, 1.54) is 6.42 Å². The molecule has 0 saturated carbocycles. The summed E-state index contributed by atoms with van der Waals surface area (Å²) in [5.74, 6) is 0. The van der Waals surface area contributed by atoms with Crippen LogP contribution < -0.4 is 0 Å². The normalized spacial score (nSPS) is 19.9. The van der Waals surface area contributed by atoms with Gasteiger partial charge in [0.25, 0.3) is 0 Å². The number of hydrogen-bond donors (Lipinski definition) is 1. The van der Waals surface area contributed by atoms with Crippen LogP contribution in [0.2, 0.25) is 18.1 Å². The molecule has 3 rings (SSSR count). The van der Waals surface area contributed by atoms with Crippen LogP contribution in [-0.4, -0.2) is 36.4 Å². The quantitative estimate of drug-likeness (QED) is 0.391. The van der Waals surface area contributed by atoms with Crippen molar-refractivity contribution in [1.29, 1.82) is 0 Å². The van der Waals surface area contributed by atoms with E-state index >= 15 is 0 Å². The lowest BCUT2D eigenvalue weighted by Gasteiger charge is -2.36. The number of halogens is 1. The fourth-order valence-corrected chi connectivity index (χ4v) is 5.00. The first-order valence-corrected chi connectivity index (χ1v) is 14.2. The van der Waals surface area contributed by atoms with E-state index in [0.29, 0.717) is 13.0 Å². The summed E-state index contributed by atoms with van der Waals surface area (Å²) in [6, 6.07) is 6.15. The molecule has 0 bridgehead atoms. The molecule has 5 nitrogen and oxygen atoms in total. The number of nitrogens with zero attached hydrogens (tertiary/aromatic N) is 2. The van der Waals surface area contributed by atoms with Crippen LogP contribution in [0.4, 0.5) is 0 Å². The van der Waals surface area contributed by atoms with Gasteiger partial charge in [-0.05, 0) is 84.1 Å². The molecule has 1 aliphatic heterocycles. The highest BCUT2D eigenvalue weighted by Crippen LogP contribution is 2.37. The second-order valence-electron chi connectivity index (χ2n) is 9.25. The molecule has 0 spiro atoms. The molecular weight excluding hydrogens is 483 g/mol. The highest BCUT2D eigenvalue weighted by molar-refractivity contribution is 14.1. The van der Waals surface area contributed by atoms with Gasteiger partial charge in [0, 0.05) is 18.6 Å². The van der Waals surface area contributed by atoms with E-state index in [4.69, 9.17) is 14.3 Å². The van der Waals surface area contributed by atoms with Crippen LogP contribution in [0.1, 0.15) is 64.3 Å². The molecule has 2 atom stereocenters. The van der Waals surface area contributed by atoms with Crippen LogP contribution >= 0.6 is 22.6 Å². The molecule has 1 aliphatic rings. The largest absolute Gasteiger partial charge is 0.417 e. The van der Waals surface area contributed by atoms with Crippen LogP contribution in [0.3, 0.4) is 0 Å². The van der Waals surface area contributed by atoms with Gasteiger partial charge in [0.1, 0.15) is 3.70 Å². The van der Waals surface area contributed by atoms with Crippen LogP contribution in [0, 0.1) is 3.70 Å². The van der Waals surface area contributed by atoms with Gasteiger partial charge in [-0.25, -0.2) is 4.68 Å². The van der Waals surface area contributed by atoms with Crippen molar-refractivity contribution in [1.82, 2.24) is 9.78 Å². The van der Waals surface area contributed by atoms with Crippen molar-refractivity contribution in [3.63, 3.8) is 0 Å². The summed E-state index contributed by atoms with van der Waals surface area (Å²) in [5, 5.41) is 16.7. The number of aliphatic hydroxyl groups is 1. The molecule has 1 N–H and O–H groups in total. The Morgan fingerprint density at radius 2 is 2.11 bits per heavy atom. The molecule has 1 fully saturated rings. The van der Waals surface area contributed by atoms with Gasteiger partial charge < -0.3 is 14.3 Å². The number of fused-ring (bicyclic) bond motifs is 1. The second-order valence-corrected chi connectivity index (χ2v) is 15.1. The third kappa shape index (κ3) is 4.80. The molecule has 0 aliphatic carbocycles. The van der Waals surface area contributed by atoms with E-state index < -0.39 is 14.4 Å². The molecule has 156 valence electrons. The number of hydrogen-bond acceptors (Lipinski definition) is 4. The summed E-state index contributed by atoms with van der Waals surface area (Å²) in [6.07, 6.45) is 3.40. The molecule has 0 radical (unpaired) electrons. The van der Waals surface area contributed by atoms with Crippen molar-refractivity contribution < 1.29 is 14.3 Å². The Bertz CT molecular complexity index is 810. The Labute approximate surface area is 183 Å². The minimum Gasteiger partial charge on any atom is -0.417 e. The highest BCUT2D eigenvalue weighted by Gasteiger charge is 2.37. The summed E-state index contributed by atoms with van der Waals surface area (Å²) in [7, 11) is -1.78. The predicted molar refractivity (Wildman–Crippen MR) is 124 cm³/mol. The molecule has 1 saturated heterocycles. The summed E-state index contributed by atoms with van der Waals surface area (Å²) < 4.78 is 15.1. The van der Waals surface area contributed by atoms with E-state index in [1.54, 1.807) is 0 Å². The van der Waals surface area contributed by atoms with Crippen LogP contribution in [0.15, 0.2) is 18.2 Å². The van der Waals surface area contributed by atoms with E-state index in [1.807, 2.05) is 10.7 Å². The number of aliphatic hydroxyl groups excluding tert-OH is 1. The van der Waals surface area contributed by atoms with E-state index in [9.17, 15) is 5.11 Å². The monoisotopic (exact) mass is 516 g/mol. The zero-order valence-corrected chi connectivity index (χ0v) is 20.8. The molecule has 2 heterocycles. The van der Waals surface area contributed by atoms with Crippen molar-refractivity contribution in [2.75, 3.05) is 13.2 Å². The topological polar surface area (TPSA) is 56.5 Å². The minimum atomic E-state index is -1.78. The van der Waals surface area contributed by atoms with E-state index in [-0.39, 0.29) is 11.3 Å². The third-order valence-electron chi connectivity index (χ3n) is 6.16. The van der Waals surface area contributed by atoms with E-state index in [0.717, 1.165) is 39.6 Å². The molecule has 0 amide bonds. The first kappa shape index (κ1) is 22.2. The summed E-state index contributed by atoms with van der Waals surface area (Å²) >= 11 is 2.27. The zero-order valence-electron chi connectivity index (χ0n) is 17.7. The third-order valence-corrected chi connectivity index (χ3v) is 11.5. The van der Waals surface area contributed by atoms with Crippen LogP contribution in [0.25, 0.3) is 10.9 Å². The van der Waals surface area contributed by atoms with Crippen molar-refractivity contribution in [3.05, 3.63) is 27.5 Å². The first-order chi connectivity index (χ1) is 13.1. The lowest BCUT2D eigenvalue weighted by Crippen LogP contribution is -2.41. The summed E-state index contributed by atoms with van der Waals surface area (Å²) in [5.41, 5.74) is 2.00. The molecule has 1 aromatic heterocycles. The lowest BCUT2D eigenvalue weighted by atomic mass is 10.1. The van der Waals surface area contributed by atoms with Gasteiger partial charge >= 0.3 is 0 Å². The number of benzene rings is 1. The van der Waals surface area contributed by atoms with Gasteiger partial charge in [0.2, 0.25) is 0 Å². The Kier molecular flexibility index (Phi) is 6.91. The number of aromatic nitrogens is 2. The molecule has 2 unspecified atom stereocenters. The van der Waals surface area contributed by atoms with E-state index in [2.05, 4.69) is 68.6 Å². The van der Waals surface area contributed by atoms with Crippen molar-refractivity contribution in [2.45, 2.75) is 76.9 Å². The Balaban J connectivity index is 1.71. The van der Waals surface area contributed by atoms with Crippen LogP contribution in [0.5, 0.6) is 0 Å². The van der Waals surface area contributed by atoms with Crippen molar-refractivity contribution in [2.24, 2.45) is 0 Å². The smallest absolute Gasteiger partial charge is 0.191 e. The number of ether oxygens (including phenoxy) is 1. The molecule has 7 heteroatoms. The van der Waals surface area contributed by atoms with Gasteiger partial charge in [-0.3, -0.25) is 0 Å². The predicted octanol–water partition coefficient (Wildman–Crippen LogP) is 5.79. The Morgan fingerprint density at radius 3 is 2.75 bits per heavy atom. The zero-order chi connectivity index (χ0) is 20.5. The molecule has 2 aromatic rings. The highest BCUT2D eigenvalue weighted by atomic mass is 127. The lowest BCUT2D eigenvalue weighted by molar-refractivity contribution is -0.0368. The SMILES string of the molecule is CC(C)(C)[Si](C)(C)OCCC(O)c1ccc2c(c1)c(I)nn2C1CCCCO1. The standard InChI is InChI=1S/C21H33IN2O3Si/c1-21(2,3)28(4,5)27-13-11-18(25)15-9-10-17-16(14-15)20(22)23-24(17)19-8-6-7-12-26-19/h9-10,14,18-19,25H,6-8,11-13H2,1-5H3. The Hall–Kier alpha value is -0.483. The van der Waals surface area contributed by atoms with Crippen LogP contribution in [-0.2, 0) is 9.16 Å². The molecule has 1 aromatic carbocycles. The maximum atomic E-state index is 10.7. The van der Waals surface area contributed by atoms with Gasteiger partial charge in [-0.1, -0.05) is 26.8 Å². The fraction of sp³-hybridized carbons (Fsp3) is 0.667. The first-order valence-electron chi connectivity index (χ1n) is 10.2. The van der Waals surface area contributed by atoms with Gasteiger partial charge in [-0.2, -0.15) is 5.10 Å². The summed E-state index contributed by atoms with van der Waals surface area (Å²) in [6.45, 7) is 12.6. The molecular formula is C21H33IN2O3Si.